The molecule has 1 aromatic heterocycles. The molecule has 0 aliphatic rings. The zero-order valence-corrected chi connectivity index (χ0v) is 22.6. The maximum Gasteiger partial charge on any atom is 0.427 e. The summed E-state index contributed by atoms with van der Waals surface area (Å²) in [5.41, 5.74) is 2.51. The lowest BCUT2D eigenvalue weighted by atomic mass is 9.91. The summed E-state index contributed by atoms with van der Waals surface area (Å²) in [7, 11) is 0. The summed E-state index contributed by atoms with van der Waals surface area (Å²) < 4.78 is 10.9. The van der Waals surface area contributed by atoms with E-state index in [0.29, 0.717) is 22.1 Å². The molecule has 0 fully saturated rings. The highest BCUT2D eigenvalue weighted by atomic mass is 35.5. The first-order chi connectivity index (χ1) is 15.5. The molecular formula is C26H36ClN3O4. The fraction of sp³-hybridized carbons (Fsp3) is 0.538. The molecular weight excluding hydrogens is 454 g/mol. The summed E-state index contributed by atoms with van der Waals surface area (Å²) in [6.45, 7) is 18.3. The lowest BCUT2D eigenvalue weighted by molar-refractivity contribution is 0.0427. The number of benzene rings is 1. The second-order valence-electron chi connectivity index (χ2n) is 10.8. The van der Waals surface area contributed by atoms with Gasteiger partial charge in [-0.1, -0.05) is 43.6 Å². The lowest BCUT2D eigenvalue weighted by Crippen LogP contribution is -2.44. The van der Waals surface area contributed by atoms with Crippen LogP contribution < -0.4 is 4.90 Å². The topological polar surface area (TPSA) is 81.6 Å². The van der Waals surface area contributed by atoms with Crippen molar-refractivity contribution in [2.45, 2.75) is 86.9 Å². The Balaban J connectivity index is 2.74. The second kappa shape index (κ2) is 10.3. The summed E-state index contributed by atoms with van der Waals surface area (Å²) in [5.74, 6) is 0.213. The smallest absolute Gasteiger partial charge is 0.427 e. The number of imide groups is 1. The van der Waals surface area contributed by atoms with E-state index >= 15 is 0 Å². The fourth-order valence-electron chi connectivity index (χ4n) is 3.35. The number of anilines is 1. The van der Waals surface area contributed by atoms with Crippen molar-refractivity contribution in [1.82, 2.24) is 9.97 Å². The minimum absolute atomic E-state index is 0.135. The SMILES string of the molecule is Cc1cccc(CC(C)C)c1-c1nc(N(C(=O)OC(C)(C)C)C(=O)OC(C)(C)C)nc(Cl)c1C. The van der Waals surface area contributed by atoms with Crippen molar-refractivity contribution in [3.8, 4) is 11.3 Å². The van der Waals surface area contributed by atoms with Crippen molar-refractivity contribution in [1.29, 1.82) is 0 Å². The van der Waals surface area contributed by atoms with E-state index in [-0.39, 0.29) is 11.1 Å². The highest BCUT2D eigenvalue weighted by molar-refractivity contribution is 6.30. The molecule has 0 unspecified atom stereocenters. The lowest BCUT2D eigenvalue weighted by Gasteiger charge is -2.28. The van der Waals surface area contributed by atoms with Crippen molar-refractivity contribution < 1.29 is 19.1 Å². The van der Waals surface area contributed by atoms with Crippen LogP contribution in [0.3, 0.4) is 0 Å². The zero-order chi connectivity index (χ0) is 26.0. The Bertz CT molecular complexity index is 1040. The fourth-order valence-corrected chi connectivity index (χ4v) is 3.52. The van der Waals surface area contributed by atoms with E-state index in [1.807, 2.05) is 26.0 Å². The van der Waals surface area contributed by atoms with E-state index in [1.54, 1.807) is 41.5 Å². The van der Waals surface area contributed by atoms with Gasteiger partial charge in [0.1, 0.15) is 16.4 Å². The number of aromatic nitrogens is 2. The Labute approximate surface area is 207 Å². The van der Waals surface area contributed by atoms with Gasteiger partial charge in [0.15, 0.2) is 0 Å². The van der Waals surface area contributed by atoms with Gasteiger partial charge in [-0.05, 0) is 78.9 Å². The predicted octanol–water partition coefficient (Wildman–Crippen LogP) is 7.29. The highest BCUT2D eigenvalue weighted by Crippen LogP contribution is 2.34. The van der Waals surface area contributed by atoms with Crippen LogP contribution in [0.4, 0.5) is 15.5 Å². The Morgan fingerprint density at radius 3 is 1.97 bits per heavy atom. The van der Waals surface area contributed by atoms with Gasteiger partial charge in [0, 0.05) is 11.1 Å². The Morgan fingerprint density at radius 2 is 1.50 bits per heavy atom. The molecule has 1 heterocycles. The number of nitrogens with zero attached hydrogens (tertiary/aromatic N) is 3. The quantitative estimate of drug-likeness (QED) is 0.419. The molecule has 0 aliphatic heterocycles. The third-order valence-corrected chi connectivity index (χ3v) is 5.02. The standard InChI is InChI=1S/C26H36ClN3O4/c1-15(2)14-18-13-11-12-16(3)19(18)20-17(4)21(27)29-22(28-20)30(23(31)33-25(5,6)7)24(32)34-26(8,9)10/h11-13,15H,14H2,1-10H3. The predicted molar refractivity (Wildman–Crippen MR) is 135 cm³/mol. The summed E-state index contributed by atoms with van der Waals surface area (Å²) >= 11 is 6.52. The normalized spacial score (nSPS) is 12.0. The van der Waals surface area contributed by atoms with Crippen molar-refractivity contribution in [3.63, 3.8) is 0 Å². The summed E-state index contributed by atoms with van der Waals surface area (Å²) in [6.07, 6.45) is -1.06. The van der Waals surface area contributed by atoms with Gasteiger partial charge in [0.05, 0.1) is 5.69 Å². The van der Waals surface area contributed by atoms with Crippen molar-refractivity contribution in [3.05, 3.63) is 40.0 Å². The van der Waals surface area contributed by atoms with Gasteiger partial charge >= 0.3 is 12.2 Å². The molecule has 0 spiro atoms. The van der Waals surface area contributed by atoms with E-state index in [0.717, 1.165) is 23.1 Å². The van der Waals surface area contributed by atoms with Crippen LogP contribution in [0.25, 0.3) is 11.3 Å². The number of aryl methyl sites for hydroxylation is 1. The van der Waals surface area contributed by atoms with Crippen molar-refractivity contribution >= 4 is 29.7 Å². The number of hydrogen-bond acceptors (Lipinski definition) is 6. The number of hydrogen-bond donors (Lipinski definition) is 0. The average molecular weight is 490 g/mol. The van der Waals surface area contributed by atoms with Gasteiger partial charge in [0.2, 0.25) is 5.95 Å². The van der Waals surface area contributed by atoms with Crippen molar-refractivity contribution in [2.24, 2.45) is 5.92 Å². The van der Waals surface area contributed by atoms with Crippen molar-refractivity contribution in [2.75, 3.05) is 4.90 Å². The number of ether oxygens (including phenoxy) is 2. The maximum absolute atomic E-state index is 13.1. The van der Waals surface area contributed by atoms with Gasteiger partial charge in [-0.25, -0.2) is 14.6 Å². The zero-order valence-electron chi connectivity index (χ0n) is 21.9. The molecule has 0 atom stereocenters. The number of carbonyl (C=O) groups is 2. The van der Waals surface area contributed by atoms with Gasteiger partial charge in [-0.15, -0.1) is 4.90 Å². The van der Waals surface area contributed by atoms with E-state index in [2.05, 4.69) is 29.9 Å². The van der Waals surface area contributed by atoms with Crippen LogP contribution in [-0.4, -0.2) is 33.4 Å². The maximum atomic E-state index is 13.1. The monoisotopic (exact) mass is 489 g/mol. The van der Waals surface area contributed by atoms with Gasteiger partial charge < -0.3 is 9.47 Å². The van der Waals surface area contributed by atoms with E-state index in [4.69, 9.17) is 21.1 Å². The first-order valence-corrected chi connectivity index (χ1v) is 11.8. The third-order valence-electron chi connectivity index (χ3n) is 4.65. The van der Waals surface area contributed by atoms with Crippen LogP contribution in [0.1, 0.15) is 72.1 Å². The van der Waals surface area contributed by atoms with Gasteiger partial charge in [-0.3, -0.25) is 0 Å². The van der Waals surface area contributed by atoms with Crippen LogP contribution in [0.15, 0.2) is 18.2 Å². The number of rotatable bonds is 4. The molecule has 0 saturated carbocycles. The Kier molecular flexibility index (Phi) is 8.35. The molecule has 34 heavy (non-hydrogen) atoms. The molecule has 186 valence electrons. The molecule has 7 nitrogen and oxygen atoms in total. The van der Waals surface area contributed by atoms with Gasteiger partial charge in [-0.2, -0.15) is 4.98 Å². The molecule has 8 heteroatoms. The Morgan fingerprint density at radius 1 is 0.971 bits per heavy atom. The second-order valence-corrected chi connectivity index (χ2v) is 11.1. The number of halogens is 1. The number of carbonyl (C=O) groups excluding carboxylic acids is 2. The highest BCUT2D eigenvalue weighted by Gasteiger charge is 2.35. The molecule has 2 rings (SSSR count). The van der Waals surface area contributed by atoms with E-state index in [1.165, 1.54) is 0 Å². The molecule has 2 amide bonds. The van der Waals surface area contributed by atoms with E-state index in [9.17, 15) is 9.59 Å². The molecule has 0 N–H and O–H groups in total. The van der Waals surface area contributed by atoms with Crippen LogP contribution in [0, 0.1) is 19.8 Å². The largest absolute Gasteiger partial charge is 0.443 e. The first-order valence-electron chi connectivity index (χ1n) is 11.4. The molecule has 0 bridgehead atoms. The first kappa shape index (κ1) is 27.6. The minimum atomic E-state index is -0.945. The van der Waals surface area contributed by atoms with Crippen LogP contribution in [0.2, 0.25) is 5.15 Å². The van der Waals surface area contributed by atoms with Crippen LogP contribution in [-0.2, 0) is 15.9 Å². The summed E-state index contributed by atoms with van der Waals surface area (Å²) in [6, 6.07) is 6.05. The third kappa shape index (κ3) is 7.16. The number of amides is 2. The summed E-state index contributed by atoms with van der Waals surface area (Å²) in [5, 5.41) is 0.135. The molecule has 2 aromatic rings. The minimum Gasteiger partial charge on any atom is -0.443 e. The molecule has 0 radical (unpaired) electrons. The average Bonchev–Trinajstić information content (AvgIpc) is 2.61. The summed E-state index contributed by atoms with van der Waals surface area (Å²) in [4.78, 5) is 35.8. The van der Waals surface area contributed by atoms with E-state index < -0.39 is 23.4 Å². The molecule has 0 aliphatic carbocycles. The molecule has 1 aromatic carbocycles. The Hall–Kier alpha value is -2.67. The van der Waals surface area contributed by atoms with Crippen LogP contribution in [0.5, 0.6) is 0 Å². The van der Waals surface area contributed by atoms with Crippen LogP contribution >= 0.6 is 11.6 Å². The van der Waals surface area contributed by atoms with Gasteiger partial charge in [0.25, 0.3) is 0 Å². The molecule has 0 saturated heterocycles.